The number of hydroxylamine groups is 1. The first kappa shape index (κ1) is 21.0. The molecule has 7 heteroatoms. The number of benzene rings is 3. The summed E-state index contributed by atoms with van der Waals surface area (Å²) in [6.07, 6.45) is -0.952. The van der Waals surface area contributed by atoms with E-state index in [4.69, 9.17) is 9.57 Å². The number of imide groups is 1. The molecule has 0 spiro atoms. The van der Waals surface area contributed by atoms with Crippen LogP contribution >= 0.6 is 0 Å². The van der Waals surface area contributed by atoms with Gasteiger partial charge in [0.1, 0.15) is 5.92 Å². The van der Waals surface area contributed by atoms with Crippen LogP contribution < -0.4 is 14.7 Å². The monoisotopic (exact) mass is 444 g/mol. The van der Waals surface area contributed by atoms with Crippen molar-refractivity contribution in [2.24, 2.45) is 5.92 Å². The molecule has 0 aromatic heterocycles. The molecule has 5 rings (SSSR count). The maximum atomic E-state index is 13.7. The zero-order chi connectivity index (χ0) is 23.1. The van der Waals surface area contributed by atoms with Gasteiger partial charge in [-0.05, 0) is 55.3 Å². The van der Waals surface area contributed by atoms with E-state index in [1.807, 2.05) is 56.3 Å². The van der Waals surface area contributed by atoms with E-state index in [0.717, 1.165) is 11.3 Å². The normalized spacial score (nSPS) is 22.1. The predicted molar refractivity (Wildman–Crippen MR) is 123 cm³/mol. The Bertz CT molecular complexity index is 1210. The van der Waals surface area contributed by atoms with Crippen molar-refractivity contribution < 1.29 is 24.3 Å². The van der Waals surface area contributed by atoms with Crippen LogP contribution in [0.25, 0.3) is 0 Å². The molecule has 7 nitrogen and oxygen atoms in total. The summed E-state index contributed by atoms with van der Waals surface area (Å²) in [7, 11) is 0. The molecule has 0 saturated carbocycles. The fourth-order valence-electron chi connectivity index (χ4n) is 4.59. The summed E-state index contributed by atoms with van der Waals surface area (Å²) >= 11 is 0. The van der Waals surface area contributed by atoms with Crippen LogP contribution in [0.3, 0.4) is 0 Å². The molecule has 0 bridgehead atoms. The first-order valence-corrected chi connectivity index (χ1v) is 10.9. The molecule has 2 amide bonds. The number of carbonyl (C=O) groups excluding carboxylic acids is 2. The lowest BCUT2D eigenvalue weighted by molar-refractivity contribution is -0.126. The summed E-state index contributed by atoms with van der Waals surface area (Å²) in [5.74, 6) is -1.12. The van der Waals surface area contributed by atoms with Crippen molar-refractivity contribution in [1.29, 1.82) is 0 Å². The van der Waals surface area contributed by atoms with Crippen molar-refractivity contribution in [2.45, 2.75) is 26.0 Å². The van der Waals surface area contributed by atoms with Crippen molar-refractivity contribution in [3.8, 4) is 11.5 Å². The van der Waals surface area contributed by atoms with Gasteiger partial charge >= 0.3 is 0 Å². The number of para-hydroxylation sites is 2. The van der Waals surface area contributed by atoms with Crippen LogP contribution in [0.5, 0.6) is 11.5 Å². The molecule has 2 saturated heterocycles. The summed E-state index contributed by atoms with van der Waals surface area (Å²) in [5.41, 5.74) is 2.83. The summed E-state index contributed by atoms with van der Waals surface area (Å²) in [6.45, 7) is 4.08. The summed E-state index contributed by atoms with van der Waals surface area (Å²) < 4.78 is 5.57. The third-order valence-corrected chi connectivity index (χ3v) is 6.11. The molecular weight excluding hydrogens is 420 g/mol. The maximum Gasteiger partial charge on any atom is 0.266 e. The van der Waals surface area contributed by atoms with E-state index in [0.29, 0.717) is 23.6 Å². The molecular formula is C26H24N2O5. The molecule has 2 aliphatic heterocycles. The first-order valence-electron chi connectivity index (χ1n) is 10.9. The van der Waals surface area contributed by atoms with Gasteiger partial charge in [-0.2, -0.15) is 0 Å². The molecule has 3 aromatic rings. The van der Waals surface area contributed by atoms with E-state index >= 15 is 0 Å². The van der Waals surface area contributed by atoms with Crippen LogP contribution in [0.4, 0.5) is 11.4 Å². The van der Waals surface area contributed by atoms with Crippen molar-refractivity contribution in [3.63, 3.8) is 0 Å². The van der Waals surface area contributed by atoms with E-state index in [1.54, 1.807) is 29.3 Å². The molecule has 2 heterocycles. The highest BCUT2D eigenvalue weighted by Gasteiger charge is 2.60. The quantitative estimate of drug-likeness (QED) is 0.596. The number of amides is 2. The van der Waals surface area contributed by atoms with Crippen LogP contribution in [0.15, 0.2) is 72.8 Å². The van der Waals surface area contributed by atoms with Gasteiger partial charge in [0.05, 0.1) is 24.0 Å². The maximum absolute atomic E-state index is 13.7. The van der Waals surface area contributed by atoms with Gasteiger partial charge in [0, 0.05) is 0 Å². The number of aromatic hydroxyl groups is 1. The molecule has 33 heavy (non-hydrogen) atoms. The van der Waals surface area contributed by atoms with Gasteiger partial charge in [0.2, 0.25) is 5.91 Å². The van der Waals surface area contributed by atoms with Crippen LogP contribution in [0.2, 0.25) is 0 Å². The molecule has 3 unspecified atom stereocenters. The predicted octanol–water partition coefficient (Wildman–Crippen LogP) is 4.15. The Balaban J connectivity index is 1.61. The average molecular weight is 444 g/mol. The van der Waals surface area contributed by atoms with E-state index in [-0.39, 0.29) is 17.6 Å². The minimum atomic E-state index is -0.952. The number of nitrogens with zero attached hydrogens (tertiary/aromatic N) is 2. The highest BCUT2D eigenvalue weighted by Crippen LogP contribution is 2.48. The Kier molecular flexibility index (Phi) is 5.26. The van der Waals surface area contributed by atoms with Gasteiger partial charge in [-0.3, -0.25) is 14.4 Å². The second-order valence-corrected chi connectivity index (χ2v) is 8.12. The van der Waals surface area contributed by atoms with Gasteiger partial charge in [-0.25, -0.2) is 9.96 Å². The number of fused-ring (bicyclic) bond motifs is 1. The van der Waals surface area contributed by atoms with Crippen LogP contribution in [0, 0.1) is 12.8 Å². The average Bonchev–Trinajstić information content (AvgIpc) is 3.33. The van der Waals surface area contributed by atoms with Gasteiger partial charge < -0.3 is 9.84 Å². The van der Waals surface area contributed by atoms with E-state index < -0.39 is 18.1 Å². The third-order valence-electron chi connectivity index (χ3n) is 6.11. The van der Waals surface area contributed by atoms with E-state index in [1.165, 1.54) is 11.0 Å². The Morgan fingerprint density at radius 2 is 1.70 bits per heavy atom. The topological polar surface area (TPSA) is 79.3 Å². The number of phenolic OH excluding ortho intramolecular Hbond substituents is 1. The highest BCUT2D eigenvalue weighted by atomic mass is 16.7. The Labute approximate surface area is 191 Å². The second-order valence-electron chi connectivity index (χ2n) is 8.12. The largest absolute Gasteiger partial charge is 0.504 e. The SMILES string of the molecule is CCOc1cc(C2C3C(=O)N(c4ccccc4C)C(=O)C3ON2c2ccccc2)ccc1O. The number of ether oxygens (including phenoxy) is 1. The Morgan fingerprint density at radius 3 is 2.42 bits per heavy atom. The molecule has 0 radical (unpaired) electrons. The van der Waals surface area contributed by atoms with Crippen LogP contribution in [0.1, 0.15) is 24.1 Å². The number of carbonyl (C=O) groups is 2. The summed E-state index contributed by atoms with van der Waals surface area (Å²) in [5, 5.41) is 11.8. The summed E-state index contributed by atoms with van der Waals surface area (Å²) in [4.78, 5) is 34.5. The number of hydrogen-bond donors (Lipinski definition) is 1. The fraction of sp³-hybridized carbons (Fsp3) is 0.231. The van der Waals surface area contributed by atoms with Gasteiger partial charge in [0.25, 0.3) is 5.91 Å². The fourth-order valence-corrected chi connectivity index (χ4v) is 4.59. The van der Waals surface area contributed by atoms with E-state index in [9.17, 15) is 14.7 Å². The molecule has 0 aliphatic carbocycles. The number of anilines is 2. The highest BCUT2D eigenvalue weighted by molar-refractivity contribution is 6.24. The van der Waals surface area contributed by atoms with E-state index in [2.05, 4.69) is 0 Å². The number of phenols is 1. The lowest BCUT2D eigenvalue weighted by Gasteiger charge is -2.29. The van der Waals surface area contributed by atoms with Crippen LogP contribution in [-0.4, -0.2) is 29.6 Å². The number of hydrogen-bond acceptors (Lipinski definition) is 6. The zero-order valence-electron chi connectivity index (χ0n) is 18.3. The number of aryl methyl sites for hydroxylation is 1. The zero-order valence-corrected chi connectivity index (χ0v) is 18.3. The molecule has 2 aliphatic rings. The van der Waals surface area contributed by atoms with Crippen molar-refractivity contribution in [1.82, 2.24) is 0 Å². The van der Waals surface area contributed by atoms with Gasteiger partial charge in [0.15, 0.2) is 17.6 Å². The standard InChI is InChI=1S/C26H24N2O5/c1-3-32-21-15-17(13-14-20(21)29)23-22-24(33-28(23)18-10-5-4-6-11-18)26(31)27(25(22)30)19-12-8-7-9-16(19)2/h4-15,22-24,29H,3H2,1-2H3. The molecule has 3 atom stereocenters. The lowest BCUT2D eigenvalue weighted by atomic mass is 9.90. The molecule has 1 N–H and O–H groups in total. The van der Waals surface area contributed by atoms with Crippen molar-refractivity contribution in [2.75, 3.05) is 16.6 Å². The summed E-state index contributed by atoms with van der Waals surface area (Å²) in [6, 6.07) is 21.1. The van der Waals surface area contributed by atoms with Crippen LogP contribution in [-0.2, 0) is 14.4 Å². The Morgan fingerprint density at radius 1 is 0.970 bits per heavy atom. The smallest absolute Gasteiger partial charge is 0.266 e. The lowest BCUT2D eigenvalue weighted by Crippen LogP contribution is -2.37. The first-order chi connectivity index (χ1) is 16.0. The van der Waals surface area contributed by atoms with Crippen molar-refractivity contribution >= 4 is 23.2 Å². The van der Waals surface area contributed by atoms with Gasteiger partial charge in [-0.1, -0.05) is 42.5 Å². The minimum absolute atomic E-state index is 0.0117. The van der Waals surface area contributed by atoms with Crippen molar-refractivity contribution in [3.05, 3.63) is 83.9 Å². The van der Waals surface area contributed by atoms with Gasteiger partial charge in [-0.15, -0.1) is 0 Å². The minimum Gasteiger partial charge on any atom is -0.504 e. The molecule has 2 fully saturated rings. The molecule has 3 aromatic carbocycles. The molecule has 168 valence electrons. The third kappa shape index (κ3) is 3.41. The second kappa shape index (κ2) is 8.26. The Hall–Kier alpha value is -3.84. The number of rotatable bonds is 5.